The molecule has 1 aliphatic heterocycles. The molecule has 2 aromatic carbocycles. The normalized spacial score (nSPS) is 17.6. The van der Waals surface area contributed by atoms with Crippen molar-refractivity contribution >= 4 is 46.3 Å². The number of halogens is 3. The number of aliphatic hydroxyl groups is 1. The van der Waals surface area contributed by atoms with Crippen molar-refractivity contribution in [2.45, 2.75) is 19.9 Å². The summed E-state index contributed by atoms with van der Waals surface area (Å²) in [6.07, 6.45) is 0. The summed E-state index contributed by atoms with van der Waals surface area (Å²) in [6.45, 7) is 3.88. The lowest BCUT2D eigenvalue weighted by Gasteiger charge is -2.23. The van der Waals surface area contributed by atoms with E-state index in [-0.39, 0.29) is 32.6 Å². The van der Waals surface area contributed by atoms with E-state index in [0.717, 1.165) is 11.0 Å². The van der Waals surface area contributed by atoms with Gasteiger partial charge in [-0.25, -0.2) is 4.39 Å². The number of Topliss-reactive ketones (excluding diaryl/α,β-unsaturated/α-hetero) is 1. The van der Waals surface area contributed by atoms with E-state index in [1.54, 1.807) is 32.0 Å². The lowest BCUT2D eigenvalue weighted by atomic mass is 9.99. The Morgan fingerprint density at radius 1 is 1.12 bits per heavy atom. The molecule has 0 aliphatic carbocycles. The van der Waals surface area contributed by atoms with Crippen LogP contribution in [0.25, 0.3) is 5.76 Å². The Morgan fingerprint density at radius 2 is 1.88 bits per heavy atom. The number of aryl methyl sites for hydroxylation is 1. The minimum absolute atomic E-state index is 0.117. The number of hydrogen-bond acceptors (Lipinski definition) is 5. The molecular formula is C24H18Cl2FNO5. The smallest absolute Gasteiger partial charge is 0.300 e. The van der Waals surface area contributed by atoms with Crippen LogP contribution >= 0.6 is 23.2 Å². The first-order chi connectivity index (χ1) is 15.7. The van der Waals surface area contributed by atoms with Crippen LogP contribution in [-0.4, -0.2) is 23.4 Å². The van der Waals surface area contributed by atoms with Crippen molar-refractivity contribution in [3.63, 3.8) is 0 Å². The Bertz CT molecular complexity index is 1300. The zero-order valence-corrected chi connectivity index (χ0v) is 19.1. The van der Waals surface area contributed by atoms with E-state index in [4.69, 9.17) is 32.4 Å². The maximum absolute atomic E-state index is 13.8. The van der Waals surface area contributed by atoms with E-state index in [1.165, 1.54) is 24.3 Å². The van der Waals surface area contributed by atoms with Crippen LogP contribution in [0.5, 0.6) is 5.75 Å². The molecular weight excluding hydrogens is 472 g/mol. The molecule has 0 spiro atoms. The summed E-state index contributed by atoms with van der Waals surface area (Å²) in [5, 5.41) is 11.1. The maximum atomic E-state index is 13.8. The number of anilines is 1. The lowest BCUT2D eigenvalue weighted by molar-refractivity contribution is -0.132. The molecule has 1 N–H and O–H groups in total. The highest BCUT2D eigenvalue weighted by molar-refractivity contribution is 6.52. The van der Waals surface area contributed by atoms with E-state index < -0.39 is 29.3 Å². The molecule has 0 saturated carbocycles. The van der Waals surface area contributed by atoms with Crippen LogP contribution in [-0.2, 0) is 9.59 Å². The summed E-state index contributed by atoms with van der Waals surface area (Å²) in [7, 11) is 0. The van der Waals surface area contributed by atoms with Gasteiger partial charge in [-0.3, -0.25) is 14.5 Å². The van der Waals surface area contributed by atoms with Crippen molar-refractivity contribution < 1.29 is 28.2 Å². The molecule has 1 aromatic heterocycles. The van der Waals surface area contributed by atoms with Gasteiger partial charge < -0.3 is 14.3 Å². The van der Waals surface area contributed by atoms with Crippen molar-refractivity contribution in [1.29, 1.82) is 0 Å². The topological polar surface area (TPSA) is 80.0 Å². The molecule has 1 amide bonds. The number of ketones is 1. The number of hydrogen-bond donors (Lipinski definition) is 1. The van der Waals surface area contributed by atoms with E-state index in [0.29, 0.717) is 18.1 Å². The van der Waals surface area contributed by atoms with Gasteiger partial charge in [-0.05, 0) is 62.4 Å². The van der Waals surface area contributed by atoms with Gasteiger partial charge in [0.1, 0.15) is 34.9 Å². The van der Waals surface area contributed by atoms with Crippen LogP contribution in [0.1, 0.15) is 30.0 Å². The second kappa shape index (κ2) is 8.92. The molecule has 9 heteroatoms. The van der Waals surface area contributed by atoms with Gasteiger partial charge >= 0.3 is 0 Å². The number of ether oxygens (including phenoxy) is 1. The molecule has 1 atom stereocenters. The second-order valence-corrected chi connectivity index (χ2v) is 8.10. The number of nitrogens with zero attached hydrogens (tertiary/aromatic N) is 1. The predicted octanol–water partition coefficient (Wildman–Crippen LogP) is 6.06. The Hall–Kier alpha value is -3.29. The summed E-state index contributed by atoms with van der Waals surface area (Å²) in [5.41, 5.74) is 0.0483. The van der Waals surface area contributed by atoms with Crippen LogP contribution in [0, 0.1) is 12.7 Å². The van der Waals surface area contributed by atoms with Crippen molar-refractivity contribution in [3.8, 4) is 5.75 Å². The van der Waals surface area contributed by atoms with Crippen LogP contribution in [0.2, 0.25) is 10.0 Å². The summed E-state index contributed by atoms with van der Waals surface area (Å²) < 4.78 is 24.9. The molecule has 2 heterocycles. The SMILES string of the molecule is CCOc1ccc(Cl)c(/C(O)=C2/C(=O)C(=O)N(c3ccc(F)c(Cl)c3)C2c2ccc(C)o2)c1. The molecule has 0 radical (unpaired) electrons. The van der Waals surface area contributed by atoms with E-state index in [9.17, 15) is 19.1 Å². The Balaban J connectivity index is 1.95. The van der Waals surface area contributed by atoms with Crippen LogP contribution in [0.3, 0.4) is 0 Å². The molecule has 4 rings (SSSR count). The number of carbonyl (C=O) groups excluding carboxylic acids is 2. The first-order valence-corrected chi connectivity index (χ1v) is 10.7. The standard InChI is InChI=1S/C24H18Cl2FNO5/c1-3-32-14-6-7-16(25)15(11-14)22(29)20-21(19-9-4-12(2)33-19)28(24(31)23(20)30)13-5-8-18(27)17(26)10-13/h4-11,21,29H,3H2,1-2H3/b22-20-. The Labute approximate surface area is 198 Å². The average Bonchev–Trinajstić information content (AvgIpc) is 3.32. The quantitative estimate of drug-likeness (QED) is 0.267. The van der Waals surface area contributed by atoms with Crippen LogP contribution in [0.15, 0.2) is 58.5 Å². The summed E-state index contributed by atoms with van der Waals surface area (Å²) >= 11 is 12.2. The zero-order chi connectivity index (χ0) is 23.9. The fourth-order valence-corrected chi connectivity index (χ4v) is 4.07. The fraction of sp³-hybridized carbons (Fsp3) is 0.167. The van der Waals surface area contributed by atoms with Gasteiger partial charge in [-0.15, -0.1) is 0 Å². The van der Waals surface area contributed by atoms with E-state index in [2.05, 4.69) is 0 Å². The third-order valence-corrected chi connectivity index (χ3v) is 5.78. The maximum Gasteiger partial charge on any atom is 0.300 e. The first-order valence-electron chi connectivity index (χ1n) is 9.98. The number of aliphatic hydroxyl groups excluding tert-OH is 1. The molecule has 1 fully saturated rings. The molecule has 1 unspecified atom stereocenters. The second-order valence-electron chi connectivity index (χ2n) is 7.29. The van der Waals surface area contributed by atoms with Gasteiger partial charge in [-0.1, -0.05) is 23.2 Å². The number of rotatable bonds is 5. The average molecular weight is 490 g/mol. The zero-order valence-electron chi connectivity index (χ0n) is 17.6. The summed E-state index contributed by atoms with van der Waals surface area (Å²) in [5.74, 6) is -1.87. The molecule has 3 aromatic rings. The fourth-order valence-electron chi connectivity index (χ4n) is 3.69. The number of furan rings is 1. The third-order valence-electron chi connectivity index (χ3n) is 5.16. The summed E-state index contributed by atoms with van der Waals surface area (Å²) in [6, 6.07) is 10.4. The number of benzene rings is 2. The molecule has 170 valence electrons. The highest BCUT2D eigenvalue weighted by Gasteiger charge is 2.48. The van der Waals surface area contributed by atoms with Gasteiger partial charge in [0.05, 0.1) is 22.2 Å². The third kappa shape index (κ3) is 4.10. The van der Waals surface area contributed by atoms with Crippen molar-refractivity contribution in [2.75, 3.05) is 11.5 Å². The highest BCUT2D eigenvalue weighted by atomic mass is 35.5. The van der Waals surface area contributed by atoms with E-state index >= 15 is 0 Å². The molecule has 1 saturated heterocycles. The Morgan fingerprint density at radius 3 is 2.52 bits per heavy atom. The van der Waals surface area contributed by atoms with Crippen LogP contribution in [0.4, 0.5) is 10.1 Å². The lowest BCUT2D eigenvalue weighted by Crippen LogP contribution is -2.29. The molecule has 6 nitrogen and oxygen atoms in total. The van der Waals surface area contributed by atoms with Crippen molar-refractivity contribution in [2.24, 2.45) is 0 Å². The van der Waals surface area contributed by atoms with Crippen molar-refractivity contribution in [1.82, 2.24) is 0 Å². The van der Waals surface area contributed by atoms with Gasteiger partial charge in [0.15, 0.2) is 0 Å². The van der Waals surface area contributed by atoms with Crippen LogP contribution < -0.4 is 9.64 Å². The first kappa shape index (κ1) is 22.9. The van der Waals surface area contributed by atoms with Gasteiger partial charge in [0, 0.05) is 11.3 Å². The number of carbonyl (C=O) groups is 2. The highest BCUT2D eigenvalue weighted by Crippen LogP contribution is 2.44. The van der Waals surface area contributed by atoms with Gasteiger partial charge in [0.2, 0.25) is 0 Å². The van der Waals surface area contributed by atoms with Gasteiger partial charge in [-0.2, -0.15) is 0 Å². The largest absolute Gasteiger partial charge is 0.507 e. The number of amides is 1. The monoisotopic (exact) mass is 489 g/mol. The molecule has 1 aliphatic rings. The minimum atomic E-state index is -1.13. The summed E-state index contributed by atoms with van der Waals surface area (Å²) in [4.78, 5) is 27.3. The minimum Gasteiger partial charge on any atom is -0.507 e. The molecule has 0 bridgehead atoms. The van der Waals surface area contributed by atoms with Crippen molar-refractivity contribution in [3.05, 3.63) is 87.1 Å². The predicted molar refractivity (Wildman–Crippen MR) is 122 cm³/mol. The Kier molecular flexibility index (Phi) is 6.19. The van der Waals surface area contributed by atoms with E-state index in [1.807, 2.05) is 0 Å². The molecule has 33 heavy (non-hydrogen) atoms. The van der Waals surface area contributed by atoms with Gasteiger partial charge in [0.25, 0.3) is 11.7 Å².